The molecule has 0 fully saturated rings. The maximum atomic E-state index is 9.66. The molecule has 0 bridgehead atoms. The molecule has 2 heteroatoms. The maximum Gasteiger partial charge on any atom is 0.115 e. The normalized spacial score (nSPS) is 11.7. The van der Waals surface area contributed by atoms with E-state index in [0.29, 0.717) is 0 Å². The van der Waals surface area contributed by atoms with E-state index < -0.39 is 6.10 Å². The third-order valence-electron chi connectivity index (χ3n) is 4.71. The molecule has 0 aliphatic heterocycles. The average Bonchev–Trinajstić information content (AvgIpc) is 2.67. The molecule has 0 aliphatic carbocycles. The van der Waals surface area contributed by atoms with Crippen molar-refractivity contribution in [2.75, 3.05) is 6.61 Å². The molecular formula is C25H42O2. The van der Waals surface area contributed by atoms with Crippen LogP contribution in [0.5, 0.6) is 0 Å². The molecule has 0 aromatic heterocycles. The maximum absolute atomic E-state index is 9.66. The summed E-state index contributed by atoms with van der Waals surface area (Å²) in [7, 11) is 0. The highest BCUT2D eigenvalue weighted by molar-refractivity contribution is 5.27. The predicted molar refractivity (Wildman–Crippen MR) is 117 cm³/mol. The van der Waals surface area contributed by atoms with Gasteiger partial charge in [0.25, 0.3) is 0 Å². The van der Waals surface area contributed by atoms with Crippen LogP contribution in [-0.4, -0.2) is 22.9 Å². The van der Waals surface area contributed by atoms with Crippen LogP contribution >= 0.6 is 0 Å². The number of aliphatic hydroxyl groups is 2. The second-order valence-corrected chi connectivity index (χ2v) is 7.33. The number of rotatable bonds is 17. The van der Waals surface area contributed by atoms with Gasteiger partial charge in [-0.15, -0.1) is 0 Å². The van der Waals surface area contributed by atoms with Crippen molar-refractivity contribution in [2.24, 2.45) is 0 Å². The largest absolute Gasteiger partial charge is 0.384 e. The molecule has 154 valence electrons. The predicted octanol–water partition coefficient (Wildman–Crippen LogP) is 6.16. The van der Waals surface area contributed by atoms with Crippen LogP contribution < -0.4 is 0 Å². The average molecular weight is 375 g/mol. The van der Waals surface area contributed by atoms with E-state index in [0.717, 1.165) is 12.8 Å². The Kier molecular flexibility index (Phi) is 21.8. The van der Waals surface area contributed by atoms with E-state index in [4.69, 9.17) is 5.11 Å². The van der Waals surface area contributed by atoms with Gasteiger partial charge in [-0.2, -0.15) is 0 Å². The molecule has 0 saturated carbocycles. The van der Waals surface area contributed by atoms with E-state index in [1.807, 2.05) is 0 Å². The third-order valence-corrected chi connectivity index (χ3v) is 4.71. The fraction of sp³-hybridized carbons (Fsp3) is 0.760. The summed E-state index contributed by atoms with van der Waals surface area (Å²) in [5.41, 5.74) is 0. The summed E-state index contributed by atoms with van der Waals surface area (Å²) in [6.07, 6.45) is 24.4. The van der Waals surface area contributed by atoms with Crippen LogP contribution in [-0.2, 0) is 0 Å². The summed E-state index contributed by atoms with van der Waals surface area (Å²) >= 11 is 0. The van der Waals surface area contributed by atoms with Gasteiger partial charge in [0.05, 0.1) is 0 Å². The van der Waals surface area contributed by atoms with Crippen molar-refractivity contribution >= 4 is 0 Å². The molecule has 2 nitrogen and oxygen atoms in total. The molecular weight excluding hydrogens is 332 g/mol. The highest BCUT2D eigenvalue weighted by atomic mass is 16.3. The Balaban J connectivity index is 3.26. The van der Waals surface area contributed by atoms with Gasteiger partial charge < -0.3 is 10.2 Å². The molecule has 0 heterocycles. The Hall–Kier alpha value is -1.22. The van der Waals surface area contributed by atoms with Gasteiger partial charge in [0.1, 0.15) is 12.7 Å². The Labute approximate surface area is 168 Å². The van der Waals surface area contributed by atoms with Gasteiger partial charge in [0.15, 0.2) is 0 Å². The molecule has 2 N–H and O–H groups in total. The van der Waals surface area contributed by atoms with E-state index in [1.165, 1.54) is 89.9 Å². The highest BCUT2D eigenvalue weighted by Gasteiger charge is 1.98. The van der Waals surface area contributed by atoms with Crippen molar-refractivity contribution < 1.29 is 10.2 Å². The standard InChI is InChI=1S/C25H42O2/c1-2-3-4-5-6-7-8-9-10-11-12-13-14-15-16-17-19-22-25(27)23-20-18-21-24-26/h9-10,25-27H,2-8,11-17,19,22,24H2,1H3/b10-9-. The summed E-state index contributed by atoms with van der Waals surface area (Å²) in [5.74, 6) is 10.2. The second-order valence-electron chi connectivity index (χ2n) is 7.33. The van der Waals surface area contributed by atoms with E-state index in [1.54, 1.807) is 0 Å². The Morgan fingerprint density at radius 2 is 1.22 bits per heavy atom. The van der Waals surface area contributed by atoms with Crippen LogP contribution in [0, 0.1) is 23.7 Å². The number of allylic oxidation sites excluding steroid dienone is 2. The zero-order valence-electron chi connectivity index (χ0n) is 17.6. The summed E-state index contributed by atoms with van der Waals surface area (Å²) < 4.78 is 0. The zero-order chi connectivity index (χ0) is 19.8. The molecule has 0 radical (unpaired) electrons. The van der Waals surface area contributed by atoms with Gasteiger partial charge >= 0.3 is 0 Å². The first-order chi connectivity index (χ1) is 13.3. The second kappa shape index (κ2) is 22.8. The topological polar surface area (TPSA) is 40.5 Å². The lowest BCUT2D eigenvalue weighted by molar-refractivity contribution is 0.217. The van der Waals surface area contributed by atoms with Crippen LogP contribution in [0.3, 0.4) is 0 Å². The van der Waals surface area contributed by atoms with Crippen LogP contribution in [0.15, 0.2) is 12.2 Å². The van der Waals surface area contributed by atoms with Crippen molar-refractivity contribution in [3.63, 3.8) is 0 Å². The van der Waals surface area contributed by atoms with Crippen molar-refractivity contribution in [1.29, 1.82) is 0 Å². The first kappa shape index (κ1) is 25.8. The minimum absolute atomic E-state index is 0.180. The highest BCUT2D eigenvalue weighted by Crippen LogP contribution is 2.11. The van der Waals surface area contributed by atoms with Crippen LogP contribution in [0.4, 0.5) is 0 Å². The van der Waals surface area contributed by atoms with Gasteiger partial charge in [-0.3, -0.25) is 0 Å². The van der Waals surface area contributed by atoms with Crippen LogP contribution in [0.25, 0.3) is 0 Å². The summed E-state index contributed by atoms with van der Waals surface area (Å²) in [6.45, 7) is 2.09. The molecule has 0 spiro atoms. The zero-order valence-corrected chi connectivity index (χ0v) is 17.6. The quantitative estimate of drug-likeness (QED) is 0.182. The Morgan fingerprint density at radius 1 is 0.704 bits per heavy atom. The van der Waals surface area contributed by atoms with Gasteiger partial charge in [-0.1, -0.05) is 95.1 Å². The van der Waals surface area contributed by atoms with E-state index in [9.17, 15) is 5.11 Å². The molecule has 0 rings (SSSR count). The molecule has 0 aliphatic rings. The molecule has 1 unspecified atom stereocenters. The minimum Gasteiger partial charge on any atom is -0.384 e. The molecule has 0 amide bonds. The van der Waals surface area contributed by atoms with E-state index in [-0.39, 0.29) is 6.61 Å². The number of unbranched alkanes of at least 4 members (excludes halogenated alkanes) is 13. The van der Waals surface area contributed by atoms with Gasteiger partial charge in [0.2, 0.25) is 0 Å². The lowest BCUT2D eigenvalue weighted by Crippen LogP contribution is -2.01. The lowest BCUT2D eigenvalue weighted by atomic mass is 10.1. The molecule has 27 heavy (non-hydrogen) atoms. The fourth-order valence-corrected chi connectivity index (χ4v) is 3.04. The van der Waals surface area contributed by atoms with Gasteiger partial charge in [0, 0.05) is 0 Å². The fourth-order valence-electron chi connectivity index (χ4n) is 3.04. The first-order valence-corrected chi connectivity index (χ1v) is 11.2. The first-order valence-electron chi connectivity index (χ1n) is 11.2. The van der Waals surface area contributed by atoms with Crippen molar-refractivity contribution in [3.8, 4) is 23.7 Å². The van der Waals surface area contributed by atoms with Crippen LogP contribution in [0.1, 0.15) is 110 Å². The van der Waals surface area contributed by atoms with Gasteiger partial charge in [-0.25, -0.2) is 0 Å². The number of hydrogen-bond donors (Lipinski definition) is 2. The summed E-state index contributed by atoms with van der Waals surface area (Å²) in [4.78, 5) is 0. The molecule has 1 atom stereocenters. The summed E-state index contributed by atoms with van der Waals surface area (Å²) in [5, 5.41) is 18.2. The van der Waals surface area contributed by atoms with E-state index in [2.05, 4.69) is 42.8 Å². The molecule has 0 aromatic rings. The Morgan fingerprint density at radius 3 is 1.78 bits per heavy atom. The van der Waals surface area contributed by atoms with Gasteiger partial charge in [-0.05, 0) is 50.4 Å². The minimum atomic E-state index is -0.582. The molecule has 0 saturated heterocycles. The smallest absolute Gasteiger partial charge is 0.115 e. The number of aliphatic hydroxyl groups excluding tert-OH is 2. The lowest BCUT2D eigenvalue weighted by Gasteiger charge is -2.03. The van der Waals surface area contributed by atoms with E-state index >= 15 is 0 Å². The summed E-state index contributed by atoms with van der Waals surface area (Å²) in [6, 6.07) is 0. The van der Waals surface area contributed by atoms with Crippen molar-refractivity contribution in [3.05, 3.63) is 12.2 Å². The molecule has 0 aromatic carbocycles. The SMILES string of the molecule is CCCCCCCC/C=C\CCCCCCCCCC(O)C#CC#CCO. The monoisotopic (exact) mass is 374 g/mol. The Bertz CT molecular complexity index is 444. The number of hydrogen-bond acceptors (Lipinski definition) is 2. The third kappa shape index (κ3) is 22.7. The van der Waals surface area contributed by atoms with Crippen LogP contribution in [0.2, 0.25) is 0 Å². The van der Waals surface area contributed by atoms with Crippen molar-refractivity contribution in [2.45, 2.75) is 116 Å². The van der Waals surface area contributed by atoms with Crippen molar-refractivity contribution in [1.82, 2.24) is 0 Å².